The number of carbonyl (C=O) groups is 1. The number of halogens is 1. The van der Waals surface area contributed by atoms with Gasteiger partial charge in [0, 0.05) is 44.8 Å². The lowest BCUT2D eigenvalue weighted by Gasteiger charge is -2.37. The van der Waals surface area contributed by atoms with Crippen LogP contribution in [0.2, 0.25) is 0 Å². The van der Waals surface area contributed by atoms with Crippen LogP contribution in [0.25, 0.3) is 11.4 Å². The van der Waals surface area contributed by atoms with E-state index < -0.39 is 0 Å². The first kappa shape index (κ1) is 24.4. The van der Waals surface area contributed by atoms with Gasteiger partial charge in [0.15, 0.2) is 0 Å². The highest BCUT2D eigenvalue weighted by Crippen LogP contribution is 2.27. The lowest BCUT2D eigenvalue weighted by Crippen LogP contribution is -2.51. The maximum absolute atomic E-state index is 13.2. The van der Waals surface area contributed by atoms with Crippen molar-refractivity contribution < 1.29 is 18.4 Å². The molecule has 1 unspecified atom stereocenters. The number of amides is 1. The van der Waals surface area contributed by atoms with Gasteiger partial charge in [0.05, 0.1) is 19.6 Å². The summed E-state index contributed by atoms with van der Waals surface area (Å²) in [4.78, 5) is 24.1. The third-order valence-electron chi connectivity index (χ3n) is 7.05. The van der Waals surface area contributed by atoms with Gasteiger partial charge >= 0.3 is 0 Å². The molecule has 2 aromatic carbocycles. The predicted octanol–water partition coefficient (Wildman–Crippen LogP) is 3.41. The van der Waals surface area contributed by atoms with Crippen LogP contribution in [0.3, 0.4) is 0 Å². The number of ether oxygens (including phenoxy) is 1. The molecule has 8 nitrogen and oxygen atoms in total. The first-order chi connectivity index (χ1) is 17.6. The zero-order chi connectivity index (χ0) is 24.9. The molecule has 2 saturated heterocycles. The molecule has 2 aliphatic heterocycles. The van der Waals surface area contributed by atoms with Crippen LogP contribution < -0.4 is 4.74 Å². The largest absolute Gasteiger partial charge is 0.497 e. The van der Waals surface area contributed by atoms with Crippen molar-refractivity contribution in [1.29, 1.82) is 0 Å². The first-order valence-electron chi connectivity index (χ1n) is 12.5. The summed E-state index contributed by atoms with van der Waals surface area (Å²) >= 11 is 0. The van der Waals surface area contributed by atoms with Crippen molar-refractivity contribution in [2.24, 2.45) is 0 Å². The number of hydrogen-bond donors (Lipinski definition) is 0. The molecular formula is C27H32FN5O3. The number of piperidine rings is 1. The highest BCUT2D eigenvalue weighted by Gasteiger charge is 2.29. The second kappa shape index (κ2) is 11.2. The van der Waals surface area contributed by atoms with Crippen LogP contribution in [0.15, 0.2) is 53.1 Å². The third kappa shape index (κ3) is 5.91. The Morgan fingerprint density at radius 2 is 1.78 bits per heavy atom. The number of rotatable bonds is 7. The molecule has 2 fully saturated rings. The smallest absolute Gasteiger partial charge is 0.236 e. The van der Waals surface area contributed by atoms with E-state index in [1.54, 1.807) is 19.2 Å². The van der Waals surface area contributed by atoms with E-state index in [9.17, 15) is 9.18 Å². The predicted molar refractivity (Wildman–Crippen MR) is 133 cm³/mol. The van der Waals surface area contributed by atoms with Crippen molar-refractivity contribution in [1.82, 2.24) is 24.8 Å². The average molecular weight is 494 g/mol. The minimum Gasteiger partial charge on any atom is -0.497 e. The summed E-state index contributed by atoms with van der Waals surface area (Å²) in [6, 6.07) is 14.2. The first-order valence-corrected chi connectivity index (χ1v) is 12.5. The van der Waals surface area contributed by atoms with Gasteiger partial charge in [0.25, 0.3) is 0 Å². The van der Waals surface area contributed by atoms with Gasteiger partial charge in [0.1, 0.15) is 11.6 Å². The highest BCUT2D eigenvalue weighted by atomic mass is 19.1. The molecule has 0 radical (unpaired) electrons. The molecule has 0 N–H and O–H groups in total. The summed E-state index contributed by atoms with van der Waals surface area (Å²) in [6.45, 7) is 6.13. The minimum atomic E-state index is -0.297. The number of hydrogen-bond acceptors (Lipinski definition) is 7. The van der Waals surface area contributed by atoms with E-state index in [1.165, 1.54) is 17.7 Å². The van der Waals surface area contributed by atoms with E-state index >= 15 is 0 Å². The zero-order valence-corrected chi connectivity index (χ0v) is 20.6. The number of aromatic nitrogens is 2. The summed E-state index contributed by atoms with van der Waals surface area (Å²) in [6.07, 6.45) is 1.92. The maximum atomic E-state index is 13.2. The Morgan fingerprint density at radius 1 is 1.03 bits per heavy atom. The molecular weight excluding hydrogens is 461 g/mol. The molecule has 36 heavy (non-hydrogen) atoms. The van der Waals surface area contributed by atoms with Gasteiger partial charge in [-0.3, -0.25) is 14.6 Å². The lowest BCUT2D eigenvalue weighted by atomic mass is 9.98. The Hall–Kier alpha value is -3.30. The standard InChI is InChI=1S/C27H32FN5O3/c1-35-24-10-4-20(5-11-24)17-31-13-15-33(16-14-31)25(34)19-32-12-2-3-22(18-32)27-29-26(30-36-27)21-6-8-23(28)9-7-21/h4-11,22H,2-3,12-19H2,1H3. The minimum absolute atomic E-state index is 0.0922. The number of carbonyl (C=O) groups excluding carboxylic acids is 1. The monoisotopic (exact) mass is 493 g/mol. The van der Waals surface area contributed by atoms with Crippen LogP contribution in [0, 0.1) is 5.82 Å². The van der Waals surface area contributed by atoms with Gasteiger partial charge < -0.3 is 14.2 Å². The summed E-state index contributed by atoms with van der Waals surface area (Å²) < 4.78 is 24.0. The molecule has 9 heteroatoms. The Kier molecular flexibility index (Phi) is 7.58. The van der Waals surface area contributed by atoms with E-state index in [0.29, 0.717) is 24.8 Å². The quantitative estimate of drug-likeness (QED) is 0.499. The van der Waals surface area contributed by atoms with E-state index in [2.05, 4.69) is 32.1 Å². The molecule has 190 valence electrons. The fourth-order valence-corrected chi connectivity index (χ4v) is 4.95. The number of nitrogens with zero attached hydrogens (tertiary/aromatic N) is 5. The van der Waals surface area contributed by atoms with Crippen LogP contribution in [0.5, 0.6) is 5.75 Å². The highest BCUT2D eigenvalue weighted by molar-refractivity contribution is 5.78. The maximum Gasteiger partial charge on any atom is 0.236 e. The van der Waals surface area contributed by atoms with Crippen LogP contribution in [-0.4, -0.2) is 83.7 Å². The molecule has 3 heterocycles. The van der Waals surface area contributed by atoms with Crippen molar-refractivity contribution in [3.05, 3.63) is 65.8 Å². The molecule has 0 saturated carbocycles. The fraction of sp³-hybridized carbons (Fsp3) is 0.444. The van der Waals surface area contributed by atoms with Gasteiger partial charge in [-0.05, 0) is 61.3 Å². The van der Waals surface area contributed by atoms with Crippen molar-refractivity contribution in [3.8, 4) is 17.1 Å². The molecule has 2 aliphatic rings. The Labute approximate surface area is 210 Å². The molecule has 3 aromatic rings. The van der Waals surface area contributed by atoms with E-state index in [1.807, 2.05) is 17.0 Å². The van der Waals surface area contributed by atoms with Crippen LogP contribution in [0.1, 0.15) is 30.2 Å². The van der Waals surface area contributed by atoms with Crippen molar-refractivity contribution in [2.45, 2.75) is 25.3 Å². The van der Waals surface area contributed by atoms with Gasteiger partial charge in [-0.25, -0.2) is 4.39 Å². The molecule has 5 rings (SSSR count). The Morgan fingerprint density at radius 3 is 2.50 bits per heavy atom. The van der Waals surface area contributed by atoms with Gasteiger partial charge in [-0.15, -0.1) is 0 Å². The number of benzene rings is 2. The van der Waals surface area contributed by atoms with E-state index in [0.717, 1.165) is 63.4 Å². The lowest BCUT2D eigenvalue weighted by molar-refractivity contribution is -0.134. The second-order valence-corrected chi connectivity index (χ2v) is 9.54. The van der Waals surface area contributed by atoms with Gasteiger partial charge in [-0.2, -0.15) is 4.98 Å². The molecule has 0 aliphatic carbocycles. The topological polar surface area (TPSA) is 74.9 Å². The molecule has 0 spiro atoms. The van der Waals surface area contributed by atoms with Crippen LogP contribution in [0.4, 0.5) is 4.39 Å². The van der Waals surface area contributed by atoms with Gasteiger partial charge in [0.2, 0.25) is 17.6 Å². The van der Waals surface area contributed by atoms with Crippen LogP contribution in [-0.2, 0) is 11.3 Å². The van der Waals surface area contributed by atoms with Crippen molar-refractivity contribution >= 4 is 5.91 Å². The van der Waals surface area contributed by atoms with Crippen molar-refractivity contribution in [3.63, 3.8) is 0 Å². The summed E-state index contributed by atoms with van der Waals surface area (Å²) in [7, 11) is 1.67. The van der Waals surface area contributed by atoms with Crippen molar-refractivity contribution in [2.75, 3.05) is 52.9 Å². The van der Waals surface area contributed by atoms with E-state index in [4.69, 9.17) is 9.26 Å². The number of likely N-dealkylation sites (tertiary alicyclic amines) is 1. The second-order valence-electron chi connectivity index (χ2n) is 9.54. The molecule has 0 bridgehead atoms. The Bertz CT molecular complexity index is 1140. The van der Waals surface area contributed by atoms with Crippen LogP contribution >= 0.6 is 0 Å². The summed E-state index contributed by atoms with van der Waals surface area (Å²) in [5, 5.41) is 4.08. The van der Waals surface area contributed by atoms with E-state index in [-0.39, 0.29) is 17.6 Å². The molecule has 1 aromatic heterocycles. The molecule has 1 atom stereocenters. The SMILES string of the molecule is COc1ccc(CN2CCN(C(=O)CN3CCCC(c4nc(-c5ccc(F)cc5)no4)C3)CC2)cc1. The average Bonchev–Trinajstić information content (AvgIpc) is 3.41. The zero-order valence-electron chi connectivity index (χ0n) is 20.6. The number of piperazine rings is 1. The normalized spacial score (nSPS) is 19.4. The Balaban J connectivity index is 1.10. The number of methoxy groups -OCH3 is 1. The molecule has 1 amide bonds. The summed E-state index contributed by atoms with van der Waals surface area (Å²) in [5.74, 6) is 1.88. The van der Waals surface area contributed by atoms with Gasteiger partial charge in [-0.1, -0.05) is 17.3 Å². The third-order valence-corrected chi connectivity index (χ3v) is 7.05. The fourth-order valence-electron chi connectivity index (χ4n) is 4.95. The summed E-state index contributed by atoms with van der Waals surface area (Å²) in [5.41, 5.74) is 1.97.